The molecule has 1 aliphatic rings. The van der Waals surface area contributed by atoms with E-state index in [0.29, 0.717) is 55.2 Å². The zero-order valence-electron chi connectivity index (χ0n) is 22.9. The van der Waals surface area contributed by atoms with Crippen molar-refractivity contribution in [1.82, 2.24) is 10.9 Å². The van der Waals surface area contributed by atoms with Crippen LogP contribution in [0.1, 0.15) is 35.6 Å². The first-order chi connectivity index (χ1) is 20.1. The van der Waals surface area contributed by atoms with Crippen molar-refractivity contribution in [3.05, 3.63) is 106 Å². The summed E-state index contributed by atoms with van der Waals surface area (Å²) >= 11 is 0. The van der Waals surface area contributed by atoms with E-state index in [1.165, 1.54) is 0 Å². The fourth-order valence-corrected chi connectivity index (χ4v) is 4.57. The lowest BCUT2D eigenvalue weighted by Gasteiger charge is -2.31. The Kier molecular flexibility index (Phi) is 10.7. The Morgan fingerprint density at radius 1 is 1.07 bits per heavy atom. The van der Waals surface area contributed by atoms with Crippen LogP contribution in [0.3, 0.4) is 0 Å². The molecule has 3 N–H and O–H groups in total. The van der Waals surface area contributed by atoms with Gasteiger partial charge in [0.25, 0.3) is 5.91 Å². The number of nitrogens with zero attached hydrogens (tertiary/aromatic N) is 4. The molecule has 3 aromatic rings. The number of aliphatic hydroxyl groups is 1. The predicted octanol–water partition coefficient (Wildman–Crippen LogP) is 4.55. The van der Waals surface area contributed by atoms with Gasteiger partial charge in [0.1, 0.15) is 5.75 Å². The van der Waals surface area contributed by atoms with E-state index in [-0.39, 0.29) is 18.9 Å². The number of rotatable bonds is 15. The first-order valence-electron chi connectivity index (χ1n) is 13.4. The number of methoxy groups -OCH3 is 1. The van der Waals surface area contributed by atoms with Crippen LogP contribution in [-0.4, -0.2) is 55.9 Å². The van der Waals surface area contributed by atoms with Crippen LogP contribution in [0, 0.1) is 0 Å². The van der Waals surface area contributed by atoms with Crippen LogP contribution in [0.2, 0.25) is 0 Å². The molecule has 0 unspecified atom stereocenters. The second kappa shape index (κ2) is 14.8. The summed E-state index contributed by atoms with van der Waals surface area (Å²) in [6, 6.07) is 23.8. The molecule has 0 saturated carbocycles. The number of ether oxygens (including phenoxy) is 3. The number of hydrogen-bond acceptors (Lipinski definition) is 8. The third-order valence-corrected chi connectivity index (χ3v) is 6.57. The summed E-state index contributed by atoms with van der Waals surface area (Å²) in [6.07, 6.45) is 0.547. The highest BCUT2D eigenvalue weighted by molar-refractivity contribution is 6.01. The number of hydrogen-bond donors (Lipinski definition) is 3. The van der Waals surface area contributed by atoms with Crippen molar-refractivity contribution >= 4 is 17.5 Å². The van der Waals surface area contributed by atoms with Crippen molar-refractivity contribution in [2.75, 3.05) is 33.5 Å². The molecular weight excluding hydrogens is 524 g/mol. The smallest absolute Gasteiger partial charge is 0.266 e. The molecule has 214 valence electrons. The maximum Gasteiger partial charge on any atom is 0.266 e. The Morgan fingerprint density at radius 3 is 2.56 bits per heavy atom. The van der Waals surface area contributed by atoms with Crippen LogP contribution in [0.4, 0.5) is 5.69 Å². The first-order valence-corrected chi connectivity index (χ1v) is 13.4. The number of hydrazine groups is 1. The van der Waals surface area contributed by atoms with Crippen molar-refractivity contribution in [1.29, 1.82) is 0 Å². The number of benzene rings is 3. The highest BCUT2D eigenvalue weighted by atomic mass is 16.5. The van der Waals surface area contributed by atoms with Crippen molar-refractivity contribution in [2.24, 2.45) is 10.1 Å². The van der Waals surface area contributed by atoms with E-state index in [0.717, 1.165) is 5.56 Å². The van der Waals surface area contributed by atoms with Crippen LogP contribution in [0.25, 0.3) is 10.4 Å². The number of amides is 1. The Labute approximate surface area is 238 Å². The lowest BCUT2D eigenvalue weighted by Crippen LogP contribution is -2.54. The van der Waals surface area contributed by atoms with Gasteiger partial charge < -0.3 is 19.3 Å². The average molecular weight is 559 g/mol. The Balaban J connectivity index is 1.76. The monoisotopic (exact) mass is 558 g/mol. The van der Waals surface area contributed by atoms with E-state index < -0.39 is 17.6 Å². The van der Waals surface area contributed by atoms with Gasteiger partial charge in [0.15, 0.2) is 11.6 Å². The zero-order chi connectivity index (χ0) is 28.9. The maximum absolute atomic E-state index is 14.1. The Hall–Kier alpha value is -4.41. The van der Waals surface area contributed by atoms with E-state index in [1.54, 1.807) is 43.5 Å². The van der Waals surface area contributed by atoms with Gasteiger partial charge in [-0.15, -0.1) is 0 Å². The third kappa shape index (κ3) is 7.41. The largest absolute Gasteiger partial charge is 0.494 e. The summed E-state index contributed by atoms with van der Waals surface area (Å²) in [6.45, 7) is 1.49. The number of carbonyl (C=O) groups is 1. The Morgan fingerprint density at radius 2 is 1.83 bits per heavy atom. The third-order valence-electron chi connectivity index (χ3n) is 6.57. The minimum absolute atomic E-state index is 0.0498. The van der Waals surface area contributed by atoms with Crippen molar-refractivity contribution < 1.29 is 24.1 Å². The molecule has 0 aliphatic carbocycles. The number of aliphatic hydroxyl groups excluding tert-OH is 1. The number of carbonyl (C=O) groups excluding carboxylic acids is 1. The van der Waals surface area contributed by atoms with E-state index in [1.807, 2.05) is 42.5 Å². The Bertz CT molecular complexity index is 1360. The molecule has 1 aliphatic heterocycles. The SMILES string of the molecule is COCCCNNC(=O)[C@@]1(Cc2ccccc2)N=C(c2ccc(OCCCO)cc2)O[C@H]1c1ccccc1N=[N+]=[N-]. The van der Waals surface area contributed by atoms with E-state index in [9.17, 15) is 10.3 Å². The van der Waals surface area contributed by atoms with Crippen LogP contribution in [0.15, 0.2) is 89.0 Å². The molecule has 41 heavy (non-hydrogen) atoms. The molecule has 11 nitrogen and oxygen atoms in total. The van der Waals surface area contributed by atoms with Gasteiger partial charge in [-0.05, 0) is 41.8 Å². The van der Waals surface area contributed by atoms with E-state index in [4.69, 9.17) is 24.3 Å². The molecule has 0 aromatic heterocycles. The average Bonchev–Trinajstić information content (AvgIpc) is 3.38. The molecule has 2 atom stereocenters. The summed E-state index contributed by atoms with van der Waals surface area (Å²) in [4.78, 5) is 22.1. The van der Waals surface area contributed by atoms with Gasteiger partial charge in [-0.25, -0.2) is 10.4 Å². The van der Waals surface area contributed by atoms with Crippen molar-refractivity contribution in [2.45, 2.75) is 30.9 Å². The number of azide groups is 1. The van der Waals surface area contributed by atoms with E-state index in [2.05, 4.69) is 20.9 Å². The van der Waals surface area contributed by atoms with Gasteiger partial charge in [0.2, 0.25) is 5.90 Å². The second-order valence-corrected chi connectivity index (χ2v) is 9.43. The molecule has 0 saturated heterocycles. The molecule has 4 rings (SSSR count). The van der Waals surface area contributed by atoms with Crippen molar-refractivity contribution in [3.63, 3.8) is 0 Å². The summed E-state index contributed by atoms with van der Waals surface area (Å²) in [5, 5.41) is 12.9. The topological polar surface area (TPSA) is 150 Å². The van der Waals surface area contributed by atoms with Crippen LogP contribution < -0.4 is 15.6 Å². The molecule has 11 heteroatoms. The highest BCUT2D eigenvalue weighted by Crippen LogP contribution is 2.45. The minimum atomic E-state index is -1.44. The molecule has 0 fully saturated rings. The van der Waals surface area contributed by atoms with Crippen molar-refractivity contribution in [3.8, 4) is 5.75 Å². The maximum atomic E-state index is 14.1. The summed E-state index contributed by atoms with van der Waals surface area (Å²) in [5.41, 5.74) is 16.0. The van der Waals surface area contributed by atoms with Gasteiger partial charge in [0.05, 0.1) is 6.61 Å². The van der Waals surface area contributed by atoms with Gasteiger partial charge in [-0.2, -0.15) is 0 Å². The lowest BCUT2D eigenvalue weighted by molar-refractivity contribution is -0.130. The fourth-order valence-electron chi connectivity index (χ4n) is 4.57. The van der Waals surface area contributed by atoms with Gasteiger partial charge in [-0.1, -0.05) is 59.7 Å². The zero-order valence-corrected chi connectivity index (χ0v) is 22.9. The summed E-state index contributed by atoms with van der Waals surface area (Å²) < 4.78 is 17.3. The molecule has 3 aromatic carbocycles. The van der Waals surface area contributed by atoms with E-state index >= 15 is 0 Å². The molecule has 0 bridgehead atoms. The van der Waals surface area contributed by atoms with Gasteiger partial charge in [-0.3, -0.25) is 10.2 Å². The quantitative estimate of drug-likeness (QED) is 0.0819. The van der Waals surface area contributed by atoms with Crippen LogP contribution in [0.5, 0.6) is 5.75 Å². The van der Waals surface area contributed by atoms with Gasteiger partial charge >= 0.3 is 0 Å². The standard InChI is InChI=1S/C30H34N6O5/c1-39-19-7-17-32-35-29(38)30(21-22-9-3-2-4-10-22)27(25-11-5-6-12-26(25)34-36-31)41-28(33-30)23-13-15-24(16-14-23)40-20-8-18-37/h2-6,9-16,27,32,37H,7-8,17-21H2,1H3,(H,35,38)/t27-,30-/m0/s1. The van der Waals surface area contributed by atoms with Crippen LogP contribution in [-0.2, 0) is 20.7 Å². The molecule has 0 spiro atoms. The first kappa shape index (κ1) is 29.6. The lowest BCUT2D eigenvalue weighted by atomic mass is 9.81. The molecule has 1 heterocycles. The van der Waals surface area contributed by atoms with Crippen LogP contribution >= 0.6 is 0 Å². The number of nitrogens with one attached hydrogen (secondary N) is 2. The summed E-state index contributed by atoms with van der Waals surface area (Å²) in [5.74, 6) is 0.524. The minimum Gasteiger partial charge on any atom is -0.494 e. The molecular formula is C30H34N6O5. The summed E-state index contributed by atoms with van der Waals surface area (Å²) in [7, 11) is 1.62. The molecule has 0 radical (unpaired) electrons. The highest BCUT2D eigenvalue weighted by Gasteiger charge is 2.53. The molecule has 1 amide bonds. The normalized spacial score (nSPS) is 17.7. The second-order valence-electron chi connectivity index (χ2n) is 9.43. The number of aliphatic imine (C=N–C) groups is 1. The fraction of sp³-hybridized carbons (Fsp3) is 0.333. The van der Waals surface area contributed by atoms with Gasteiger partial charge in [0, 0.05) is 61.4 Å². The predicted molar refractivity (Wildman–Crippen MR) is 155 cm³/mol.